The van der Waals surface area contributed by atoms with Crippen molar-refractivity contribution in [2.75, 3.05) is 13.1 Å². The van der Waals surface area contributed by atoms with Crippen molar-refractivity contribution in [3.8, 4) is 0 Å². The Morgan fingerprint density at radius 1 is 1.10 bits per heavy atom. The minimum absolute atomic E-state index is 0.0549. The van der Waals surface area contributed by atoms with Crippen LogP contribution in [0.2, 0.25) is 0 Å². The summed E-state index contributed by atoms with van der Waals surface area (Å²) in [7, 11) is -3.79. The van der Waals surface area contributed by atoms with Gasteiger partial charge in [0.15, 0.2) is 0 Å². The van der Waals surface area contributed by atoms with Crippen LogP contribution >= 0.6 is 0 Å². The maximum absolute atomic E-state index is 14.3. The van der Waals surface area contributed by atoms with Crippen molar-refractivity contribution in [3.63, 3.8) is 0 Å². The lowest BCUT2D eigenvalue weighted by atomic mass is 9.94. The first-order valence-corrected chi connectivity index (χ1v) is 11.2. The number of carbonyl (C=O) groups is 1. The molecule has 2 atom stereocenters. The van der Waals surface area contributed by atoms with E-state index >= 15 is 0 Å². The van der Waals surface area contributed by atoms with Gasteiger partial charge in [-0.15, -0.1) is 0 Å². The van der Waals surface area contributed by atoms with E-state index in [2.05, 4.69) is 5.32 Å². The molecular weight excluding hydrogens is 391 g/mol. The minimum atomic E-state index is -3.79. The van der Waals surface area contributed by atoms with Gasteiger partial charge >= 0.3 is 0 Å². The topological polar surface area (TPSA) is 66.5 Å². The Kier molecular flexibility index (Phi) is 6.39. The second-order valence-corrected chi connectivity index (χ2v) is 10.0. The van der Waals surface area contributed by atoms with Gasteiger partial charge in [-0.3, -0.25) is 4.79 Å². The third-order valence-corrected chi connectivity index (χ3v) is 7.06. The van der Waals surface area contributed by atoms with Crippen LogP contribution in [0.3, 0.4) is 0 Å². The number of hydrogen-bond acceptors (Lipinski definition) is 3. The third-order valence-electron chi connectivity index (χ3n) is 5.23. The maximum atomic E-state index is 14.3. The SMILES string of the molecule is Cc1ccc(CNC(=O)c2cc(S(=O)(=O)N3C[C@H](C)C[C@H](C)C3)ccc2F)cc1. The summed E-state index contributed by atoms with van der Waals surface area (Å²) >= 11 is 0. The quantitative estimate of drug-likeness (QED) is 0.805. The van der Waals surface area contributed by atoms with Crippen molar-refractivity contribution in [2.24, 2.45) is 11.8 Å². The molecule has 1 N–H and O–H groups in total. The van der Waals surface area contributed by atoms with Crippen LogP contribution in [0.5, 0.6) is 0 Å². The molecule has 1 saturated heterocycles. The molecule has 0 aromatic heterocycles. The summed E-state index contributed by atoms with van der Waals surface area (Å²) in [5.74, 6) is -0.872. The molecule has 156 valence electrons. The summed E-state index contributed by atoms with van der Waals surface area (Å²) in [6, 6.07) is 11.0. The fraction of sp³-hybridized carbons (Fsp3) is 0.409. The number of carbonyl (C=O) groups excluding carboxylic acids is 1. The fourth-order valence-corrected chi connectivity index (χ4v) is 5.48. The zero-order valence-electron chi connectivity index (χ0n) is 17.0. The molecule has 0 radical (unpaired) electrons. The van der Waals surface area contributed by atoms with Crippen molar-refractivity contribution in [3.05, 3.63) is 65.0 Å². The van der Waals surface area contributed by atoms with Crippen LogP contribution in [0.4, 0.5) is 4.39 Å². The Labute approximate surface area is 172 Å². The van der Waals surface area contributed by atoms with Gasteiger partial charge in [-0.25, -0.2) is 12.8 Å². The van der Waals surface area contributed by atoms with Gasteiger partial charge in [0, 0.05) is 19.6 Å². The standard InChI is InChI=1S/C22H27FN2O3S/c1-15-4-6-18(7-5-15)12-24-22(26)20-11-19(8-9-21(20)23)29(27,28)25-13-16(2)10-17(3)14-25/h4-9,11,16-17H,10,12-14H2,1-3H3,(H,24,26)/t16-,17+. The largest absolute Gasteiger partial charge is 0.348 e. The predicted molar refractivity (Wildman–Crippen MR) is 110 cm³/mol. The molecule has 5 nitrogen and oxygen atoms in total. The average Bonchev–Trinajstić information content (AvgIpc) is 2.66. The van der Waals surface area contributed by atoms with Gasteiger partial charge in [-0.05, 0) is 48.9 Å². The number of rotatable bonds is 5. The molecule has 7 heteroatoms. The van der Waals surface area contributed by atoms with Crippen molar-refractivity contribution < 1.29 is 17.6 Å². The number of piperidine rings is 1. The van der Waals surface area contributed by atoms with E-state index in [0.29, 0.717) is 13.1 Å². The first-order chi connectivity index (χ1) is 13.7. The lowest BCUT2D eigenvalue weighted by molar-refractivity contribution is 0.0946. The Balaban J connectivity index is 1.79. The van der Waals surface area contributed by atoms with Gasteiger partial charge < -0.3 is 5.32 Å². The first kappa shape index (κ1) is 21.5. The van der Waals surface area contributed by atoms with E-state index in [4.69, 9.17) is 0 Å². The molecule has 29 heavy (non-hydrogen) atoms. The van der Waals surface area contributed by atoms with E-state index < -0.39 is 21.7 Å². The van der Waals surface area contributed by atoms with Gasteiger partial charge in [0.2, 0.25) is 10.0 Å². The molecule has 1 aliphatic rings. The molecule has 2 aromatic rings. The molecule has 1 aliphatic heterocycles. The van der Waals surface area contributed by atoms with E-state index in [-0.39, 0.29) is 28.8 Å². The second-order valence-electron chi connectivity index (χ2n) is 8.08. The van der Waals surface area contributed by atoms with Crippen molar-refractivity contribution >= 4 is 15.9 Å². The molecule has 1 amide bonds. The number of amides is 1. The van der Waals surface area contributed by atoms with Crippen molar-refractivity contribution in [1.82, 2.24) is 9.62 Å². The summed E-state index contributed by atoms with van der Waals surface area (Å²) in [5.41, 5.74) is 1.71. The lowest BCUT2D eigenvalue weighted by Crippen LogP contribution is -2.42. The number of nitrogens with one attached hydrogen (secondary N) is 1. The summed E-state index contributed by atoms with van der Waals surface area (Å²) < 4.78 is 41.8. The molecule has 0 spiro atoms. The van der Waals surface area contributed by atoms with Crippen LogP contribution in [0.15, 0.2) is 47.4 Å². The molecule has 0 aliphatic carbocycles. The van der Waals surface area contributed by atoms with E-state index in [9.17, 15) is 17.6 Å². The minimum Gasteiger partial charge on any atom is -0.348 e. The van der Waals surface area contributed by atoms with Crippen LogP contribution < -0.4 is 5.32 Å². The molecular formula is C22H27FN2O3S. The summed E-state index contributed by atoms with van der Waals surface area (Å²) in [5, 5.41) is 2.66. The molecule has 1 fully saturated rings. The monoisotopic (exact) mass is 418 g/mol. The average molecular weight is 419 g/mol. The lowest BCUT2D eigenvalue weighted by Gasteiger charge is -2.34. The first-order valence-electron chi connectivity index (χ1n) is 9.80. The van der Waals surface area contributed by atoms with E-state index in [0.717, 1.165) is 29.7 Å². The van der Waals surface area contributed by atoms with Gasteiger partial charge in [0.1, 0.15) is 5.82 Å². The summed E-state index contributed by atoms with van der Waals surface area (Å²) in [6.07, 6.45) is 0.974. The fourth-order valence-electron chi connectivity index (χ4n) is 3.77. The zero-order valence-corrected chi connectivity index (χ0v) is 17.8. The Bertz CT molecular complexity index is 980. The van der Waals surface area contributed by atoms with Crippen LogP contribution in [0, 0.1) is 24.6 Å². The summed E-state index contributed by atoms with van der Waals surface area (Å²) in [6.45, 7) is 7.10. The predicted octanol–water partition coefficient (Wildman–Crippen LogP) is 3.73. The molecule has 0 saturated carbocycles. The highest BCUT2D eigenvalue weighted by atomic mass is 32.2. The van der Waals surface area contributed by atoms with Crippen LogP contribution in [0.25, 0.3) is 0 Å². The Hall–Kier alpha value is -2.25. The maximum Gasteiger partial charge on any atom is 0.254 e. The van der Waals surface area contributed by atoms with Crippen molar-refractivity contribution in [1.29, 1.82) is 0 Å². The number of nitrogens with zero attached hydrogens (tertiary/aromatic N) is 1. The van der Waals surface area contributed by atoms with E-state index in [1.807, 2.05) is 45.0 Å². The highest BCUT2D eigenvalue weighted by Crippen LogP contribution is 2.27. The van der Waals surface area contributed by atoms with Gasteiger partial charge in [0.05, 0.1) is 10.5 Å². The van der Waals surface area contributed by atoms with Crippen LogP contribution in [0.1, 0.15) is 41.8 Å². The smallest absolute Gasteiger partial charge is 0.254 e. The number of hydrogen-bond donors (Lipinski definition) is 1. The Morgan fingerprint density at radius 3 is 2.34 bits per heavy atom. The van der Waals surface area contributed by atoms with Crippen LogP contribution in [-0.2, 0) is 16.6 Å². The molecule has 1 heterocycles. The summed E-state index contributed by atoms with van der Waals surface area (Å²) in [4.78, 5) is 12.5. The van der Waals surface area contributed by atoms with Gasteiger partial charge in [0.25, 0.3) is 5.91 Å². The van der Waals surface area contributed by atoms with Crippen LogP contribution in [-0.4, -0.2) is 31.7 Å². The second kappa shape index (κ2) is 8.63. The number of aryl methyl sites for hydroxylation is 1. The molecule has 0 unspecified atom stereocenters. The zero-order chi connectivity index (χ0) is 21.2. The van der Waals surface area contributed by atoms with Crippen molar-refractivity contribution in [2.45, 2.75) is 38.6 Å². The third kappa shape index (κ3) is 5.03. The van der Waals surface area contributed by atoms with E-state index in [1.54, 1.807) is 0 Å². The van der Waals surface area contributed by atoms with E-state index in [1.165, 1.54) is 10.4 Å². The number of halogens is 1. The highest BCUT2D eigenvalue weighted by molar-refractivity contribution is 7.89. The Morgan fingerprint density at radius 2 is 1.72 bits per heavy atom. The highest BCUT2D eigenvalue weighted by Gasteiger charge is 2.32. The number of benzene rings is 2. The van der Waals surface area contributed by atoms with Gasteiger partial charge in [-0.2, -0.15) is 4.31 Å². The van der Waals surface area contributed by atoms with Gasteiger partial charge in [-0.1, -0.05) is 43.7 Å². The molecule has 3 rings (SSSR count). The molecule has 2 aromatic carbocycles. The normalized spacial score (nSPS) is 20.4. The molecule has 0 bridgehead atoms. The number of sulfonamides is 1.